The molecule has 0 aliphatic heterocycles. The number of benzene rings is 2. The molecule has 0 aliphatic rings. The molecule has 0 spiro atoms. The van der Waals surface area contributed by atoms with Gasteiger partial charge in [0.1, 0.15) is 17.3 Å². The summed E-state index contributed by atoms with van der Waals surface area (Å²) >= 11 is 0. The number of aliphatic hydroxyl groups excluding tert-OH is 1. The summed E-state index contributed by atoms with van der Waals surface area (Å²) in [4.78, 5) is 8.63. The van der Waals surface area contributed by atoms with Crippen LogP contribution in [0.2, 0.25) is 0 Å². The Morgan fingerprint density at radius 1 is 0.861 bits per heavy atom. The van der Waals surface area contributed by atoms with E-state index in [1.54, 1.807) is 0 Å². The van der Waals surface area contributed by atoms with Crippen molar-refractivity contribution < 1.29 is 40.9 Å². The fourth-order valence-corrected chi connectivity index (χ4v) is 3.08. The van der Waals surface area contributed by atoms with E-state index in [-0.39, 0.29) is 41.2 Å². The number of hydrogen-bond acceptors (Lipinski definition) is 7. The number of aromatic nitrogens is 2. The van der Waals surface area contributed by atoms with E-state index in [1.165, 1.54) is 30.3 Å². The SMILES string of the molecule is CC(C)[C@@H](CO)Nc1nc(Nc2cccc(OC(F)(F)F)c2)cc(-c2cccc(OC(F)(F)F)c2)n1. The van der Waals surface area contributed by atoms with Crippen LogP contribution in [0.15, 0.2) is 54.6 Å². The average Bonchev–Trinajstić information content (AvgIpc) is 2.75. The standard InChI is InChI=1S/C23H22F6N4O3/c1-13(2)19(12-34)32-21-31-18(14-5-3-7-16(9-14)35-22(24,25)26)11-20(33-21)30-15-6-4-8-17(10-15)36-23(27,28)29/h3-11,13,19,34H,12H2,1-2H3,(H2,30,31,32,33)/t19-/m1/s1. The van der Waals surface area contributed by atoms with E-state index in [9.17, 15) is 31.4 Å². The molecular formula is C23H22F6N4O3. The molecule has 0 unspecified atom stereocenters. The Morgan fingerprint density at radius 2 is 1.47 bits per heavy atom. The highest BCUT2D eigenvalue weighted by Gasteiger charge is 2.32. The first-order valence-electron chi connectivity index (χ1n) is 10.6. The van der Waals surface area contributed by atoms with Crippen molar-refractivity contribution in [1.82, 2.24) is 9.97 Å². The van der Waals surface area contributed by atoms with Gasteiger partial charge < -0.3 is 25.2 Å². The number of alkyl halides is 6. The van der Waals surface area contributed by atoms with Gasteiger partial charge in [0.25, 0.3) is 0 Å². The number of nitrogens with one attached hydrogen (secondary N) is 2. The van der Waals surface area contributed by atoms with Crippen LogP contribution >= 0.6 is 0 Å². The molecule has 13 heteroatoms. The Morgan fingerprint density at radius 3 is 2.06 bits per heavy atom. The van der Waals surface area contributed by atoms with Crippen molar-refractivity contribution in [3.63, 3.8) is 0 Å². The summed E-state index contributed by atoms with van der Waals surface area (Å²) in [6.45, 7) is 3.45. The van der Waals surface area contributed by atoms with Crippen LogP contribution in [-0.4, -0.2) is 40.4 Å². The Balaban J connectivity index is 1.99. The first kappa shape index (κ1) is 26.9. The summed E-state index contributed by atoms with van der Waals surface area (Å²) in [5.41, 5.74) is 0.638. The van der Waals surface area contributed by atoms with Gasteiger partial charge in [0.2, 0.25) is 5.95 Å². The molecule has 3 aromatic rings. The number of anilines is 3. The molecule has 0 amide bonds. The zero-order chi connectivity index (χ0) is 26.5. The van der Waals surface area contributed by atoms with Crippen molar-refractivity contribution in [1.29, 1.82) is 0 Å². The van der Waals surface area contributed by atoms with Crippen molar-refractivity contribution in [2.24, 2.45) is 5.92 Å². The molecule has 7 nitrogen and oxygen atoms in total. The molecule has 3 N–H and O–H groups in total. The number of aliphatic hydroxyl groups is 1. The second kappa shape index (κ2) is 10.9. The third-order valence-corrected chi connectivity index (χ3v) is 4.75. The Bertz CT molecular complexity index is 1170. The maximum Gasteiger partial charge on any atom is 0.573 e. The van der Waals surface area contributed by atoms with Crippen molar-refractivity contribution in [2.45, 2.75) is 32.6 Å². The Labute approximate surface area is 202 Å². The van der Waals surface area contributed by atoms with Crippen molar-refractivity contribution in [3.05, 3.63) is 54.6 Å². The molecule has 194 valence electrons. The highest BCUT2D eigenvalue weighted by molar-refractivity contribution is 5.69. The third-order valence-electron chi connectivity index (χ3n) is 4.75. The quantitative estimate of drug-likeness (QED) is 0.296. The first-order valence-corrected chi connectivity index (χ1v) is 10.6. The minimum Gasteiger partial charge on any atom is -0.406 e. The van der Waals surface area contributed by atoms with E-state index in [4.69, 9.17) is 0 Å². The van der Waals surface area contributed by atoms with Gasteiger partial charge in [0, 0.05) is 23.4 Å². The van der Waals surface area contributed by atoms with Gasteiger partial charge in [0.05, 0.1) is 18.3 Å². The first-order chi connectivity index (χ1) is 16.8. The molecule has 0 bridgehead atoms. The lowest BCUT2D eigenvalue weighted by Crippen LogP contribution is -2.30. The van der Waals surface area contributed by atoms with Crippen LogP contribution in [-0.2, 0) is 0 Å². The van der Waals surface area contributed by atoms with Crippen molar-refractivity contribution >= 4 is 17.5 Å². The van der Waals surface area contributed by atoms with Crippen molar-refractivity contribution in [3.8, 4) is 22.8 Å². The van der Waals surface area contributed by atoms with E-state index in [2.05, 4.69) is 30.1 Å². The lowest BCUT2D eigenvalue weighted by Gasteiger charge is -2.21. The molecule has 2 aromatic carbocycles. The summed E-state index contributed by atoms with van der Waals surface area (Å²) in [7, 11) is 0. The van der Waals surface area contributed by atoms with Crippen LogP contribution < -0.4 is 20.1 Å². The zero-order valence-corrected chi connectivity index (χ0v) is 19.0. The molecule has 0 aliphatic carbocycles. The minimum atomic E-state index is -4.89. The zero-order valence-electron chi connectivity index (χ0n) is 19.0. The number of ether oxygens (including phenoxy) is 2. The van der Waals surface area contributed by atoms with Gasteiger partial charge in [-0.1, -0.05) is 32.0 Å². The topological polar surface area (TPSA) is 88.5 Å². The third kappa shape index (κ3) is 8.18. The van der Waals surface area contributed by atoms with Gasteiger partial charge in [-0.3, -0.25) is 0 Å². The number of rotatable bonds is 9. The fourth-order valence-electron chi connectivity index (χ4n) is 3.08. The molecule has 36 heavy (non-hydrogen) atoms. The van der Waals surface area contributed by atoms with E-state index in [0.717, 1.165) is 24.3 Å². The maximum atomic E-state index is 12.7. The van der Waals surface area contributed by atoms with Gasteiger partial charge in [-0.25, -0.2) is 4.98 Å². The predicted octanol–water partition coefficient (Wildman–Crippen LogP) is 6.11. The van der Waals surface area contributed by atoms with E-state index >= 15 is 0 Å². The van der Waals surface area contributed by atoms with E-state index in [1.807, 2.05) is 13.8 Å². The second-order valence-electron chi connectivity index (χ2n) is 7.92. The summed E-state index contributed by atoms with van der Waals surface area (Å²) in [6, 6.07) is 11.1. The fraction of sp³-hybridized carbons (Fsp3) is 0.304. The van der Waals surface area contributed by atoms with Crippen LogP contribution in [0.3, 0.4) is 0 Å². The predicted molar refractivity (Wildman–Crippen MR) is 120 cm³/mol. The minimum absolute atomic E-state index is 0.0293. The van der Waals surface area contributed by atoms with Crippen LogP contribution in [0.25, 0.3) is 11.3 Å². The molecule has 0 fully saturated rings. The van der Waals surface area contributed by atoms with E-state index < -0.39 is 30.3 Å². The lowest BCUT2D eigenvalue weighted by atomic mass is 10.1. The monoisotopic (exact) mass is 516 g/mol. The normalized spacial score (nSPS) is 12.8. The summed E-state index contributed by atoms with van der Waals surface area (Å²) < 4.78 is 83.6. The van der Waals surface area contributed by atoms with Gasteiger partial charge in [0.15, 0.2) is 0 Å². The van der Waals surface area contributed by atoms with Gasteiger partial charge >= 0.3 is 12.7 Å². The number of halogens is 6. The molecule has 1 atom stereocenters. The van der Waals surface area contributed by atoms with Crippen molar-refractivity contribution in [2.75, 3.05) is 17.2 Å². The van der Waals surface area contributed by atoms with Crippen LogP contribution in [0.5, 0.6) is 11.5 Å². The molecule has 1 heterocycles. The number of hydrogen-bond donors (Lipinski definition) is 3. The van der Waals surface area contributed by atoms with Crippen LogP contribution in [0.4, 0.5) is 43.8 Å². The second-order valence-corrected chi connectivity index (χ2v) is 7.92. The Kier molecular flexibility index (Phi) is 8.13. The lowest BCUT2D eigenvalue weighted by molar-refractivity contribution is -0.275. The van der Waals surface area contributed by atoms with Gasteiger partial charge in [-0.05, 0) is 30.2 Å². The average molecular weight is 516 g/mol. The van der Waals surface area contributed by atoms with Gasteiger partial charge in [-0.2, -0.15) is 4.98 Å². The summed E-state index contributed by atoms with van der Waals surface area (Å²) in [6.07, 6.45) is -9.77. The molecule has 1 aromatic heterocycles. The smallest absolute Gasteiger partial charge is 0.406 e. The maximum absolute atomic E-state index is 12.7. The highest BCUT2D eigenvalue weighted by atomic mass is 19.4. The molecular weight excluding hydrogens is 494 g/mol. The molecule has 3 rings (SSSR count). The highest BCUT2D eigenvalue weighted by Crippen LogP contribution is 2.31. The molecule has 0 saturated heterocycles. The van der Waals surface area contributed by atoms with Crippen LogP contribution in [0.1, 0.15) is 13.8 Å². The molecule has 0 saturated carbocycles. The largest absolute Gasteiger partial charge is 0.573 e. The Hall–Kier alpha value is -3.74. The summed E-state index contributed by atoms with van der Waals surface area (Å²) in [5.74, 6) is -0.799. The summed E-state index contributed by atoms with van der Waals surface area (Å²) in [5, 5.41) is 15.5. The van der Waals surface area contributed by atoms with E-state index in [0.29, 0.717) is 0 Å². The molecule has 0 radical (unpaired) electrons. The van der Waals surface area contributed by atoms with Gasteiger partial charge in [-0.15, -0.1) is 26.3 Å². The van der Waals surface area contributed by atoms with Crippen LogP contribution in [0, 0.1) is 5.92 Å². The number of nitrogens with zero attached hydrogens (tertiary/aromatic N) is 2.